The Bertz CT molecular complexity index is 602. The molecule has 6 nitrogen and oxygen atoms in total. The first-order valence-corrected chi connectivity index (χ1v) is 6.38. The number of urea groups is 1. The van der Waals surface area contributed by atoms with E-state index in [0.29, 0.717) is 23.7 Å². The molecule has 0 bridgehead atoms. The van der Waals surface area contributed by atoms with Gasteiger partial charge >= 0.3 is 6.03 Å². The van der Waals surface area contributed by atoms with Crippen molar-refractivity contribution in [2.24, 2.45) is 0 Å². The first-order chi connectivity index (χ1) is 10.2. The third-order valence-electron chi connectivity index (χ3n) is 2.86. The van der Waals surface area contributed by atoms with Gasteiger partial charge in [-0.15, -0.1) is 0 Å². The zero-order valence-corrected chi connectivity index (χ0v) is 11.9. The van der Waals surface area contributed by atoms with Crippen LogP contribution in [-0.2, 0) is 6.54 Å². The lowest BCUT2D eigenvalue weighted by atomic mass is 10.2. The van der Waals surface area contributed by atoms with Crippen LogP contribution in [0.25, 0.3) is 0 Å². The number of aromatic nitrogens is 1. The van der Waals surface area contributed by atoms with Crippen molar-refractivity contribution in [3.8, 4) is 11.5 Å². The van der Waals surface area contributed by atoms with E-state index in [1.807, 2.05) is 12.1 Å². The van der Waals surface area contributed by atoms with Crippen molar-refractivity contribution in [1.29, 1.82) is 0 Å². The second-order valence-electron chi connectivity index (χ2n) is 4.23. The predicted molar refractivity (Wildman–Crippen MR) is 79.6 cm³/mol. The molecular weight excluding hydrogens is 270 g/mol. The maximum absolute atomic E-state index is 11.9. The van der Waals surface area contributed by atoms with Crippen molar-refractivity contribution >= 4 is 11.7 Å². The van der Waals surface area contributed by atoms with Crippen molar-refractivity contribution < 1.29 is 14.3 Å². The smallest absolute Gasteiger partial charge is 0.319 e. The minimum Gasteiger partial charge on any atom is -0.497 e. The van der Waals surface area contributed by atoms with E-state index >= 15 is 0 Å². The predicted octanol–water partition coefficient (Wildman–Crippen LogP) is 2.42. The third kappa shape index (κ3) is 4.10. The lowest BCUT2D eigenvalue weighted by Gasteiger charge is -2.12. The van der Waals surface area contributed by atoms with E-state index in [1.165, 1.54) is 0 Å². The fourth-order valence-electron chi connectivity index (χ4n) is 1.76. The van der Waals surface area contributed by atoms with Gasteiger partial charge in [-0.05, 0) is 29.8 Å². The molecule has 1 aromatic carbocycles. The fraction of sp³-hybridized carbons (Fsp3) is 0.200. The molecule has 21 heavy (non-hydrogen) atoms. The van der Waals surface area contributed by atoms with E-state index in [1.54, 1.807) is 44.8 Å². The molecule has 2 rings (SSSR count). The number of amides is 2. The van der Waals surface area contributed by atoms with Gasteiger partial charge in [-0.2, -0.15) is 0 Å². The van der Waals surface area contributed by atoms with Gasteiger partial charge in [0.1, 0.15) is 11.5 Å². The number of carbonyl (C=O) groups is 1. The van der Waals surface area contributed by atoms with Crippen LogP contribution in [0.3, 0.4) is 0 Å². The summed E-state index contributed by atoms with van der Waals surface area (Å²) in [5.74, 6) is 1.20. The number of hydrogen-bond donors (Lipinski definition) is 2. The molecule has 2 N–H and O–H groups in total. The van der Waals surface area contributed by atoms with Crippen LogP contribution in [0.5, 0.6) is 11.5 Å². The topological polar surface area (TPSA) is 72.5 Å². The molecule has 0 radical (unpaired) electrons. The molecule has 0 saturated carbocycles. The number of anilines is 1. The van der Waals surface area contributed by atoms with Crippen LogP contribution in [0, 0.1) is 0 Å². The summed E-state index contributed by atoms with van der Waals surface area (Å²) in [6.45, 7) is 0.417. The highest BCUT2D eigenvalue weighted by molar-refractivity contribution is 5.91. The molecule has 6 heteroatoms. The van der Waals surface area contributed by atoms with Crippen LogP contribution < -0.4 is 20.1 Å². The van der Waals surface area contributed by atoms with Gasteiger partial charge in [0, 0.05) is 25.0 Å². The van der Waals surface area contributed by atoms with Gasteiger partial charge in [-0.1, -0.05) is 0 Å². The van der Waals surface area contributed by atoms with Gasteiger partial charge in [0.2, 0.25) is 0 Å². The molecule has 0 aliphatic rings. The highest BCUT2D eigenvalue weighted by atomic mass is 16.5. The quantitative estimate of drug-likeness (QED) is 0.886. The highest BCUT2D eigenvalue weighted by Crippen LogP contribution is 2.28. The SMILES string of the molecule is COc1ccc(OC)c(NC(=O)NCc2ccncc2)c1. The van der Waals surface area contributed by atoms with Gasteiger partial charge in [0.25, 0.3) is 0 Å². The molecule has 110 valence electrons. The normalized spacial score (nSPS) is 9.81. The Kier molecular flexibility index (Phi) is 4.98. The summed E-state index contributed by atoms with van der Waals surface area (Å²) in [6.07, 6.45) is 3.36. The molecule has 2 aromatic rings. The van der Waals surface area contributed by atoms with Crippen LogP contribution in [0.15, 0.2) is 42.7 Å². The van der Waals surface area contributed by atoms with Gasteiger partial charge in [0.15, 0.2) is 0 Å². The Balaban J connectivity index is 1.99. The molecule has 0 spiro atoms. The summed E-state index contributed by atoms with van der Waals surface area (Å²) in [5, 5.41) is 5.50. The second-order valence-corrected chi connectivity index (χ2v) is 4.23. The Labute approximate surface area is 123 Å². The maximum Gasteiger partial charge on any atom is 0.319 e. The lowest BCUT2D eigenvalue weighted by molar-refractivity contribution is 0.251. The zero-order chi connectivity index (χ0) is 15.1. The molecule has 1 aromatic heterocycles. The Morgan fingerprint density at radius 3 is 2.57 bits per heavy atom. The summed E-state index contributed by atoms with van der Waals surface area (Å²) in [4.78, 5) is 15.8. The van der Waals surface area contributed by atoms with Crippen LogP contribution in [0.2, 0.25) is 0 Å². The number of nitrogens with zero attached hydrogens (tertiary/aromatic N) is 1. The zero-order valence-electron chi connectivity index (χ0n) is 11.9. The van der Waals surface area contributed by atoms with E-state index in [-0.39, 0.29) is 6.03 Å². The molecule has 0 fully saturated rings. The number of benzene rings is 1. The summed E-state index contributed by atoms with van der Waals surface area (Å²) in [5.41, 5.74) is 1.52. The number of hydrogen-bond acceptors (Lipinski definition) is 4. The van der Waals surface area contributed by atoms with Gasteiger partial charge < -0.3 is 20.1 Å². The first-order valence-electron chi connectivity index (χ1n) is 6.38. The average Bonchev–Trinajstić information content (AvgIpc) is 2.54. The number of rotatable bonds is 5. The van der Waals surface area contributed by atoms with Crippen LogP contribution in [0.4, 0.5) is 10.5 Å². The van der Waals surface area contributed by atoms with E-state index in [4.69, 9.17) is 9.47 Å². The number of carbonyl (C=O) groups excluding carboxylic acids is 1. The van der Waals surface area contributed by atoms with Crippen LogP contribution >= 0.6 is 0 Å². The van der Waals surface area contributed by atoms with E-state index < -0.39 is 0 Å². The summed E-state index contributed by atoms with van der Waals surface area (Å²) in [6, 6.07) is 8.55. The van der Waals surface area contributed by atoms with Crippen molar-refractivity contribution in [3.05, 3.63) is 48.3 Å². The van der Waals surface area contributed by atoms with Crippen molar-refractivity contribution in [1.82, 2.24) is 10.3 Å². The molecule has 0 saturated heterocycles. The summed E-state index contributed by atoms with van der Waals surface area (Å²) in [7, 11) is 3.11. The molecule has 2 amide bonds. The number of methoxy groups -OCH3 is 2. The number of pyridine rings is 1. The van der Waals surface area contributed by atoms with E-state index in [9.17, 15) is 4.79 Å². The Morgan fingerprint density at radius 1 is 1.14 bits per heavy atom. The summed E-state index contributed by atoms with van der Waals surface area (Å²) >= 11 is 0. The standard InChI is InChI=1S/C15H17N3O3/c1-20-12-3-4-14(21-2)13(9-12)18-15(19)17-10-11-5-7-16-8-6-11/h3-9H,10H2,1-2H3,(H2,17,18,19). The highest BCUT2D eigenvalue weighted by Gasteiger charge is 2.08. The van der Waals surface area contributed by atoms with Crippen molar-refractivity contribution in [3.63, 3.8) is 0 Å². The first kappa shape index (κ1) is 14.6. The molecule has 0 unspecified atom stereocenters. The third-order valence-corrected chi connectivity index (χ3v) is 2.86. The second kappa shape index (κ2) is 7.14. The Hall–Kier alpha value is -2.76. The lowest BCUT2D eigenvalue weighted by Crippen LogP contribution is -2.28. The summed E-state index contributed by atoms with van der Waals surface area (Å²) < 4.78 is 10.3. The van der Waals surface area contributed by atoms with Crippen LogP contribution in [-0.4, -0.2) is 25.2 Å². The molecule has 0 atom stereocenters. The maximum atomic E-state index is 11.9. The fourth-order valence-corrected chi connectivity index (χ4v) is 1.76. The molecule has 0 aliphatic heterocycles. The molecular formula is C15H17N3O3. The van der Waals surface area contributed by atoms with Crippen molar-refractivity contribution in [2.45, 2.75) is 6.54 Å². The minimum atomic E-state index is -0.321. The average molecular weight is 287 g/mol. The van der Waals surface area contributed by atoms with Crippen molar-refractivity contribution in [2.75, 3.05) is 19.5 Å². The largest absolute Gasteiger partial charge is 0.497 e. The van der Waals surface area contributed by atoms with Crippen LogP contribution in [0.1, 0.15) is 5.56 Å². The van der Waals surface area contributed by atoms with Gasteiger partial charge in [-0.3, -0.25) is 4.98 Å². The number of nitrogens with one attached hydrogen (secondary N) is 2. The van der Waals surface area contributed by atoms with Gasteiger partial charge in [0.05, 0.1) is 19.9 Å². The van der Waals surface area contributed by atoms with E-state index in [2.05, 4.69) is 15.6 Å². The number of ether oxygens (including phenoxy) is 2. The molecule has 0 aliphatic carbocycles. The molecule has 1 heterocycles. The minimum absolute atomic E-state index is 0.321. The Morgan fingerprint density at radius 2 is 1.90 bits per heavy atom. The van der Waals surface area contributed by atoms with Gasteiger partial charge in [-0.25, -0.2) is 4.79 Å². The monoisotopic (exact) mass is 287 g/mol. The van der Waals surface area contributed by atoms with E-state index in [0.717, 1.165) is 5.56 Å².